The van der Waals surface area contributed by atoms with Gasteiger partial charge >= 0.3 is 35.8 Å². The Hall–Kier alpha value is -4.77. The molecule has 57 heavy (non-hydrogen) atoms. The number of nitrogens with zero attached hydrogens (tertiary/aromatic N) is 6. The van der Waals surface area contributed by atoms with Gasteiger partial charge in [-0.1, -0.05) is 38.5 Å². The van der Waals surface area contributed by atoms with Crippen molar-refractivity contribution in [2.24, 2.45) is 0 Å². The van der Waals surface area contributed by atoms with Crippen molar-refractivity contribution in [3.8, 4) is 0 Å². The summed E-state index contributed by atoms with van der Waals surface area (Å²) < 4.78 is 0. The lowest BCUT2D eigenvalue weighted by atomic mass is 10.1. The lowest BCUT2D eigenvalue weighted by Gasteiger charge is -2.29. The minimum absolute atomic E-state index is 0.0526. The molecule has 0 amide bonds. The van der Waals surface area contributed by atoms with Crippen molar-refractivity contribution in [2.45, 2.75) is 154 Å². The number of hydrogen-bond acceptors (Lipinski definition) is 12. The second kappa shape index (κ2) is 31.3. The Kier molecular flexibility index (Phi) is 27.6. The Labute approximate surface area is 335 Å². The number of carbonyl (C=O) groups is 6. The largest absolute Gasteiger partial charge is 0.481 e. The van der Waals surface area contributed by atoms with E-state index >= 15 is 0 Å². The van der Waals surface area contributed by atoms with Crippen LogP contribution in [0.4, 0.5) is 17.8 Å². The van der Waals surface area contributed by atoms with Gasteiger partial charge in [-0.3, -0.25) is 28.8 Å². The van der Waals surface area contributed by atoms with E-state index in [0.29, 0.717) is 173 Å². The monoisotopic (exact) mass is 810 g/mol. The van der Waals surface area contributed by atoms with E-state index < -0.39 is 35.8 Å². The number of hydrogen-bond donors (Lipinski definition) is 6. The second-order valence-corrected chi connectivity index (χ2v) is 14.4. The van der Waals surface area contributed by atoms with E-state index in [0.717, 1.165) is 0 Å². The number of anilines is 3. The van der Waals surface area contributed by atoms with Crippen LogP contribution in [-0.4, -0.2) is 121 Å². The lowest BCUT2D eigenvalue weighted by molar-refractivity contribution is -0.138. The zero-order valence-corrected chi connectivity index (χ0v) is 33.5. The summed E-state index contributed by atoms with van der Waals surface area (Å²) in [5, 5.41) is 54.8. The molecule has 0 aliphatic heterocycles. The summed E-state index contributed by atoms with van der Waals surface area (Å²) in [4.78, 5) is 87.9. The molecule has 1 rings (SSSR count). The van der Waals surface area contributed by atoms with Crippen molar-refractivity contribution in [3.63, 3.8) is 0 Å². The molecule has 1 aromatic heterocycles. The summed E-state index contributed by atoms with van der Waals surface area (Å²) in [6.07, 6.45) is 11.2. The van der Waals surface area contributed by atoms with Crippen LogP contribution in [0.25, 0.3) is 0 Å². The molecule has 6 N–H and O–H groups in total. The van der Waals surface area contributed by atoms with Gasteiger partial charge in [0.2, 0.25) is 17.8 Å². The molecule has 1 heterocycles. The van der Waals surface area contributed by atoms with Crippen LogP contribution in [0.15, 0.2) is 0 Å². The average Bonchev–Trinajstić information content (AvgIpc) is 3.13. The molecule has 0 saturated heterocycles. The van der Waals surface area contributed by atoms with Gasteiger partial charge in [0.25, 0.3) is 0 Å². The van der Waals surface area contributed by atoms with E-state index in [4.69, 9.17) is 45.6 Å². The first-order valence-corrected chi connectivity index (χ1v) is 20.6. The smallest absolute Gasteiger partial charge is 0.303 e. The van der Waals surface area contributed by atoms with Gasteiger partial charge in [0.1, 0.15) is 0 Å². The van der Waals surface area contributed by atoms with E-state index in [1.165, 1.54) is 0 Å². The van der Waals surface area contributed by atoms with Crippen molar-refractivity contribution < 1.29 is 59.4 Å². The number of carboxylic acid groups (broad SMARTS) is 6. The van der Waals surface area contributed by atoms with E-state index in [9.17, 15) is 28.8 Å². The molecule has 0 atom stereocenters. The maximum atomic E-state index is 11.1. The standard InChI is InChI=1S/C39H66N6O12/c46-31(47)19-7-1-13-25-43(26-14-2-8-20-32(48)49)37-40-38(44(27-15-3-9-21-33(50)51)28-16-4-10-22-34(52)53)42-39(41-37)45(29-17-5-11-23-35(54)55)30-18-6-12-24-36(56)57/h1-30H2,(H,46,47)(H,48,49)(H,50,51)(H,52,53)(H,54,55)(H,56,57). The average molecular weight is 811 g/mol. The zero-order chi connectivity index (χ0) is 42.3. The third-order valence-electron chi connectivity index (χ3n) is 9.36. The molecule has 0 radical (unpaired) electrons. The predicted octanol–water partition coefficient (Wildman–Crippen LogP) is 6.16. The van der Waals surface area contributed by atoms with Gasteiger partial charge in [-0.25, -0.2) is 0 Å². The van der Waals surface area contributed by atoms with Crippen LogP contribution < -0.4 is 14.7 Å². The quantitative estimate of drug-likeness (QED) is 0.0406. The Morgan fingerprint density at radius 2 is 0.439 bits per heavy atom. The van der Waals surface area contributed by atoms with Crippen molar-refractivity contribution in [1.29, 1.82) is 0 Å². The maximum absolute atomic E-state index is 11.1. The van der Waals surface area contributed by atoms with Gasteiger partial charge in [0.05, 0.1) is 0 Å². The van der Waals surface area contributed by atoms with E-state index in [-0.39, 0.29) is 38.5 Å². The van der Waals surface area contributed by atoms with Crippen molar-refractivity contribution in [1.82, 2.24) is 15.0 Å². The number of carboxylic acids is 6. The first kappa shape index (κ1) is 50.2. The van der Waals surface area contributed by atoms with E-state index in [1.54, 1.807) is 0 Å². The Bertz CT molecular complexity index is 1110. The summed E-state index contributed by atoms with van der Waals surface area (Å²) >= 11 is 0. The van der Waals surface area contributed by atoms with Crippen LogP contribution >= 0.6 is 0 Å². The Morgan fingerprint density at radius 1 is 0.281 bits per heavy atom. The summed E-state index contributed by atoms with van der Waals surface area (Å²) in [5.74, 6) is -4.01. The normalized spacial score (nSPS) is 10.9. The number of aromatic nitrogens is 3. The van der Waals surface area contributed by atoms with Crippen LogP contribution in [0.1, 0.15) is 154 Å². The molecule has 0 aliphatic carbocycles. The molecule has 18 heteroatoms. The fraction of sp³-hybridized carbons (Fsp3) is 0.769. The van der Waals surface area contributed by atoms with Gasteiger partial charge in [-0.15, -0.1) is 0 Å². The molecule has 1 aromatic rings. The number of unbranched alkanes of at least 4 members (excludes halogenated alkanes) is 12. The fourth-order valence-electron chi connectivity index (χ4n) is 6.24. The zero-order valence-electron chi connectivity index (χ0n) is 33.5. The highest BCUT2D eigenvalue weighted by Crippen LogP contribution is 2.23. The van der Waals surface area contributed by atoms with Gasteiger partial charge in [-0.05, 0) is 77.0 Å². The molecule has 0 spiro atoms. The molecule has 324 valence electrons. The molecule has 0 fully saturated rings. The Morgan fingerprint density at radius 3 is 0.579 bits per heavy atom. The van der Waals surface area contributed by atoms with E-state index in [1.807, 2.05) is 14.7 Å². The molecule has 0 unspecified atom stereocenters. The molecule has 18 nitrogen and oxygen atoms in total. The first-order valence-electron chi connectivity index (χ1n) is 20.6. The Balaban J connectivity index is 3.63. The van der Waals surface area contributed by atoms with Crippen LogP contribution in [0, 0.1) is 0 Å². The van der Waals surface area contributed by atoms with Gasteiger partial charge < -0.3 is 45.3 Å². The molecule has 0 aliphatic rings. The van der Waals surface area contributed by atoms with Crippen molar-refractivity contribution in [3.05, 3.63) is 0 Å². The van der Waals surface area contributed by atoms with Gasteiger partial charge in [0.15, 0.2) is 0 Å². The molecule has 0 bridgehead atoms. The number of rotatable bonds is 39. The predicted molar refractivity (Wildman–Crippen MR) is 213 cm³/mol. The topological polar surface area (TPSA) is 272 Å². The van der Waals surface area contributed by atoms with Gasteiger partial charge in [-0.2, -0.15) is 15.0 Å². The third kappa shape index (κ3) is 27.5. The minimum atomic E-state index is -0.867. The summed E-state index contributed by atoms with van der Waals surface area (Å²) in [5.41, 5.74) is 0. The molecular weight excluding hydrogens is 744 g/mol. The molecule has 0 saturated carbocycles. The van der Waals surface area contributed by atoms with Crippen LogP contribution in [0.5, 0.6) is 0 Å². The summed E-state index contributed by atoms with van der Waals surface area (Å²) in [7, 11) is 0. The third-order valence-corrected chi connectivity index (χ3v) is 9.36. The highest BCUT2D eigenvalue weighted by atomic mass is 16.4. The second-order valence-electron chi connectivity index (χ2n) is 14.4. The fourth-order valence-corrected chi connectivity index (χ4v) is 6.24. The lowest BCUT2D eigenvalue weighted by Crippen LogP contribution is -2.34. The highest BCUT2D eigenvalue weighted by Gasteiger charge is 2.21. The minimum Gasteiger partial charge on any atom is -0.481 e. The highest BCUT2D eigenvalue weighted by molar-refractivity contribution is 5.68. The molecular formula is C39H66N6O12. The summed E-state index contributed by atoms with van der Waals surface area (Å²) in [6.45, 7) is 3.06. The van der Waals surface area contributed by atoms with Crippen LogP contribution in [0.2, 0.25) is 0 Å². The van der Waals surface area contributed by atoms with Crippen LogP contribution in [-0.2, 0) is 28.8 Å². The van der Waals surface area contributed by atoms with Gasteiger partial charge in [0, 0.05) is 77.8 Å². The SMILES string of the molecule is O=C(O)CCCCCN(CCCCCC(=O)O)c1nc(N(CCCCCC(=O)O)CCCCCC(=O)O)nc(N(CCCCCC(=O)O)CCCCCC(=O)O)n1. The summed E-state index contributed by atoms with van der Waals surface area (Å²) in [6, 6.07) is 0. The number of aliphatic carboxylic acids is 6. The van der Waals surface area contributed by atoms with Crippen molar-refractivity contribution in [2.75, 3.05) is 54.0 Å². The van der Waals surface area contributed by atoms with E-state index in [2.05, 4.69) is 0 Å². The molecule has 0 aromatic carbocycles. The van der Waals surface area contributed by atoms with Crippen LogP contribution in [0.3, 0.4) is 0 Å². The maximum Gasteiger partial charge on any atom is 0.303 e. The van der Waals surface area contributed by atoms with Crippen molar-refractivity contribution >= 4 is 53.7 Å². The first-order chi connectivity index (χ1) is 27.3.